The fourth-order valence-corrected chi connectivity index (χ4v) is 4.53. The molecule has 3 aromatic carbocycles. The second-order valence-corrected chi connectivity index (χ2v) is 7.31. The van der Waals surface area contributed by atoms with Gasteiger partial charge in [-0.15, -0.1) is 0 Å². The first-order valence-corrected chi connectivity index (χ1v) is 9.54. The summed E-state index contributed by atoms with van der Waals surface area (Å²) in [6.45, 7) is 0. The lowest BCUT2D eigenvalue weighted by atomic mass is 9.74. The van der Waals surface area contributed by atoms with Gasteiger partial charge >= 0.3 is 5.97 Å². The molecule has 0 saturated carbocycles. The van der Waals surface area contributed by atoms with Crippen LogP contribution in [-0.4, -0.2) is 34.1 Å². The van der Waals surface area contributed by atoms with E-state index in [1.807, 2.05) is 0 Å². The summed E-state index contributed by atoms with van der Waals surface area (Å²) in [5.41, 5.74) is -0.418. The average molecular weight is 399 g/mol. The van der Waals surface area contributed by atoms with Crippen molar-refractivity contribution in [2.45, 2.75) is 17.7 Å². The number of amides is 2. The number of aliphatic hydroxyl groups excluding tert-OH is 1. The van der Waals surface area contributed by atoms with Crippen LogP contribution in [0.1, 0.15) is 37.8 Å². The lowest BCUT2D eigenvalue weighted by molar-refractivity contribution is -0.158. The maximum absolute atomic E-state index is 13.4. The standard InChI is InChI=1S/C24H17NO5/c26-20-17-13-7-8-14-18(17)21(27)25(20)24(16-11-5-2-6-12-16)19(22(28)30-23(24)29)15-9-3-1-4-10-15/h1-14,19,22,28H/t19-,22-,24-/m1/s1. The van der Waals surface area contributed by atoms with Crippen molar-refractivity contribution in [1.82, 2.24) is 4.90 Å². The van der Waals surface area contributed by atoms with Crippen LogP contribution in [0.3, 0.4) is 0 Å². The Hall–Kier alpha value is -3.77. The molecule has 0 unspecified atom stereocenters. The zero-order valence-electron chi connectivity index (χ0n) is 15.8. The highest BCUT2D eigenvalue weighted by Gasteiger charge is 2.66. The molecule has 0 aromatic heterocycles. The number of fused-ring (bicyclic) bond motifs is 1. The molecule has 1 N–H and O–H groups in total. The molecule has 0 spiro atoms. The predicted molar refractivity (Wildman–Crippen MR) is 106 cm³/mol. The average Bonchev–Trinajstić information content (AvgIpc) is 3.19. The van der Waals surface area contributed by atoms with Crippen LogP contribution in [0.25, 0.3) is 0 Å². The highest BCUT2D eigenvalue weighted by molar-refractivity contribution is 6.23. The van der Waals surface area contributed by atoms with Crippen LogP contribution in [-0.2, 0) is 15.1 Å². The molecule has 2 heterocycles. The second kappa shape index (κ2) is 6.64. The van der Waals surface area contributed by atoms with E-state index in [4.69, 9.17) is 4.74 Å². The second-order valence-electron chi connectivity index (χ2n) is 7.31. The number of hydrogen-bond acceptors (Lipinski definition) is 5. The normalized spacial score (nSPS) is 25.4. The Balaban J connectivity index is 1.81. The molecule has 0 radical (unpaired) electrons. The summed E-state index contributed by atoms with van der Waals surface area (Å²) in [6.07, 6.45) is -1.52. The van der Waals surface area contributed by atoms with Gasteiger partial charge in [0.1, 0.15) is 0 Å². The van der Waals surface area contributed by atoms with Gasteiger partial charge in [-0.25, -0.2) is 4.79 Å². The Morgan fingerprint density at radius 1 is 0.733 bits per heavy atom. The van der Waals surface area contributed by atoms with Crippen molar-refractivity contribution in [2.24, 2.45) is 0 Å². The van der Waals surface area contributed by atoms with Gasteiger partial charge in [-0.3, -0.25) is 14.5 Å². The zero-order chi connectivity index (χ0) is 20.9. The Morgan fingerprint density at radius 2 is 1.23 bits per heavy atom. The number of carbonyl (C=O) groups is 3. The zero-order valence-corrected chi connectivity index (χ0v) is 15.8. The summed E-state index contributed by atoms with van der Waals surface area (Å²) in [7, 11) is 0. The summed E-state index contributed by atoms with van der Waals surface area (Å²) in [5.74, 6) is -3.02. The number of rotatable bonds is 3. The number of nitrogens with zero attached hydrogens (tertiary/aromatic N) is 1. The summed E-state index contributed by atoms with van der Waals surface area (Å²) in [6, 6.07) is 23.8. The van der Waals surface area contributed by atoms with Crippen LogP contribution >= 0.6 is 0 Å². The lowest BCUT2D eigenvalue weighted by Crippen LogP contribution is -2.56. The molecule has 3 atom stereocenters. The number of imide groups is 1. The molecule has 1 fully saturated rings. The summed E-state index contributed by atoms with van der Waals surface area (Å²) >= 11 is 0. The minimum atomic E-state index is -1.84. The number of esters is 1. The Kier molecular flexibility index (Phi) is 4.04. The monoisotopic (exact) mass is 399 g/mol. The summed E-state index contributed by atoms with van der Waals surface area (Å²) in [4.78, 5) is 41.2. The molecular weight excluding hydrogens is 382 g/mol. The van der Waals surface area contributed by atoms with Crippen molar-refractivity contribution in [2.75, 3.05) is 0 Å². The first kappa shape index (κ1) is 18.3. The minimum Gasteiger partial charge on any atom is -0.433 e. The first-order valence-electron chi connectivity index (χ1n) is 9.54. The Bertz CT molecular complexity index is 1130. The molecule has 2 amide bonds. The van der Waals surface area contributed by atoms with Crippen molar-refractivity contribution in [3.05, 3.63) is 107 Å². The van der Waals surface area contributed by atoms with E-state index in [1.54, 1.807) is 84.9 Å². The van der Waals surface area contributed by atoms with E-state index in [9.17, 15) is 19.5 Å². The van der Waals surface area contributed by atoms with Crippen LogP contribution in [0.4, 0.5) is 0 Å². The van der Waals surface area contributed by atoms with Crippen LogP contribution < -0.4 is 0 Å². The van der Waals surface area contributed by atoms with Gasteiger partial charge < -0.3 is 9.84 Å². The fraction of sp³-hybridized carbons (Fsp3) is 0.125. The minimum absolute atomic E-state index is 0.221. The van der Waals surface area contributed by atoms with E-state index >= 15 is 0 Å². The number of carbonyl (C=O) groups excluding carboxylic acids is 3. The number of benzene rings is 3. The molecule has 1 saturated heterocycles. The van der Waals surface area contributed by atoms with Gasteiger partial charge in [0.25, 0.3) is 11.8 Å². The molecule has 3 aromatic rings. The molecule has 6 heteroatoms. The molecule has 2 aliphatic rings. The summed E-state index contributed by atoms with van der Waals surface area (Å²) < 4.78 is 5.28. The largest absolute Gasteiger partial charge is 0.433 e. The fourth-order valence-electron chi connectivity index (χ4n) is 4.53. The van der Waals surface area contributed by atoms with Crippen LogP contribution in [0.2, 0.25) is 0 Å². The van der Waals surface area contributed by atoms with E-state index in [-0.39, 0.29) is 11.1 Å². The molecule has 148 valence electrons. The van der Waals surface area contributed by atoms with Gasteiger partial charge in [-0.2, -0.15) is 0 Å². The van der Waals surface area contributed by atoms with Gasteiger partial charge in [-0.05, 0) is 23.3 Å². The third kappa shape index (κ3) is 2.31. The predicted octanol–water partition coefficient (Wildman–Crippen LogP) is 2.84. The molecule has 6 nitrogen and oxygen atoms in total. The highest BCUT2D eigenvalue weighted by atomic mass is 16.6. The smallest absolute Gasteiger partial charge is 0.340 e. The quantitative estimate of drug-likeness (QED) is 0.541. The summed E-state index contributed by atoms with van der Waals surface area (Å²) in [5, 5.41) is 10.8. The van der Waals surface area contributed by atoms with Gasteiger partial charge in [0.05, 0.1) is 17.0 Å². The van der Waals surface area contributed by atoms with Crippen molar-refractivity contribution < 1.29 is 24.2 Å². The van der Waals surface area contributed by atoms with Gasteiger partial charge in [0.15, 0.2) is 5.54 Å². The topological polar surface area (TPSA) is 83.9 Å². The Labute approximate surface area is 172 Å². The van der Waals surface area contributed by atoms with E-state index < -0.39 is 35.5 Å². The number of aliphatic hydroxyl groups is 1. The maximum atomic E-state index is 13.4. The molecular formula is C24H17NO5. The molecule has 0 bridgehead atoms. The maximum Gasteiger partial charge on any atom is 0.340 e. The first-order chi connectivity index (χ1) is 14.6. The molecule has 5 rings (SSSR count). The molecule has 0 aliphatic carbocycles. The number of cyclic esters (lactones) is 1. The van der Waals surface area contributed by atoms with Gasteiger partial charge in [-0.1, -0.05) is 72.8 Å². The molecule has 2 aliphatic heterocycles. The van der Waals surface area contributed by atoms with Gasteiger partial charge in [0, 0.05) is 0 Å². The van der Waals surface area contributed by atoms with E-state index in [1.165, 1.54) is 0 Å². The Morgan fingerprint density at radius 3 is 1.80 bits per heavy atom. The van der Waals surface area contributed by atoms with E-state index in [2.05, 4.69) is 0 Å². The van der Waals surface area contributed by atoms with Gasteiger partial charge in [0.2, 0.25) is 6.29 Å². The number of ether oxygens (including phenoxy) is 1. The van der Waals surface area contributed by atoms with Crippen LogP contribution in [0.15, 0.2) is 84.9 Å². The SMILES string of the molecule is O=C1c2ccccc2C(=O)N1[C@@]1(c2ccccc2)C(=O)O[C@@H](O)[C@H]1c1ccccc1. The molecule has 30 heavy (non-hydrogen) atoms. The highest BCUT2D eigenvalue weighted by Crippen LogP contribution is 2.52. The number of hydrogen-bond donors (Lipinski definition) is 1. The third-order valence-corrected chi connectivity index (χ3v) is 5.79. The van der Waals surface area contributed by atoms with Crippen LogP contribution in [0, 0.1) is 0 Å². The van der Waals surface area contributed by atoms with Crippen molar-refractivity contribution >= 4 is 17.8 Å². The van der Waals surface area contributed by atoms with Crippen molar-refractivity contribution in [1.29, 1.82) is 0 Å². The van der Waals surface area contributed by atoms with Crippen molar-refractivity contribution in [3.8, 4) is 0 Å². The third-order valence-electron chi connectivity index (χ3n) is 5.79. The van der Waals surface area contributed by atoms with Crippen LogP contribution in [0.5, 0.6) is 0 Å². The lowest BCUT2D eigenvalue weighted by Gasteiger charge is -2.38. The van der Waals surface area contributed by atoms with Crippen molar-refractivity contribution in [3.63, 3.8) is 0 Å². The van der Waals surface area contributed by atoms with E-state index in [0.717, 1.165) is 4.90 Å². The van der Waals surface area contributed by atoms with E-state index in [0.29, 0.717) is 11.1 Å².